The van der Waals surface area contributed by atoms with Crippen molar-refractivity contribution in [3.63, 3.8) is 0 Å². The molecule has 1 heterocycles. The van der Waals surface area contributed by atoms with Gasteiger partial charge in [0.05, 0.1) is 34.7 Å². The van der Waals surface area contributed by atoms with Gasteiger partial charge in [-0.15, -0.1) is 0 Å². The Hall–Kier alpha value is -2.07. The number of rotatable bonds is 4. The number of aromatic nitrogens is 1. The molecule has 0 saturated carbocycles. The third-order valence-corrected chi connectivity index (χ3v) is 4.29. The van der Waals surface area contributed by atoms with Crippen molar-refractivity contribution in [1.82, 2.24) is 4.98 Å². The van der Waals surface area contributed by atoms with Crippen molar-refractivity contribution in [2.24, 2.45) is 0 Å². The molecule has 0 amide bonds. The molecule has 0 spiro atoms. The molecule has 3 rings (SSSR count). The van der Waals surface area contributed by atoms with E-state index in [-0.39, 0.29) is 6.04 Å². The van der Waals surface area contributed by atoms with E-state index in [0.29, 0.717) is 18.5 Å². The summed E-state index contributed by atoms with van der Waals surface area (Å²) in [6.07, 6.45) is 7.95. The van der Waals surface area contributed by atoms with Gasteiger partial charge in [0.25, 0.3) is 0 Å². The van der Waals surface area contributed by atoms with Crippen LogP contribution in [-0.4, -0.2) is 21.7 Å². The van der Waals surface area contributed by atoms with Crippen LogP contribution in [0.1, 0.15) is 26.2 Å². The first-order chi connectivity index (χ1) is 10.1. The van der Waals surface area contributed by atoms with Crippen molar-refractivity contribution >= 4 is 22.3 Å². The maximum Gasteiger partial charge on any atom is 0.0915 e. The van der Waals surface area contributed by atoms with Crippen LogP contribution in [0.25, 0.3) is 10.9 Å². The first-order valence-corrected chi connectivity index (χ1v) is 7.41. The van der Waals surface area contributed by atoms with Gasteiger partial charge < -0.3 is 16.2 Å². The summed E-state index contributed by atoms with van der Waals surface area (Å²) < 4.78 is 0. The summed E-state index contributed by atoms with van der Waals surface area (Å²) in [6.45, 7) is 2.08. The lowest BCUT2D eigenvalue weighted by molar-refractivity contribution is 0.0325. The van der Waals surface area contributed by atoms with Crippen molar-refractivity contribution in [2.75, 3.05) is 11.1 Å². The number of anilines is 2. The molecule has 1 atom stereocenters. The van der Waals surface area contributed by atoms with E-state index in [9.17, 15) is 5.11 Å². The molecule has 1 aliphatic carbocycles. The van der Waals surface area contributed by atoms with Crippen LogP contribution < -0.4 is 11.1 Å². The van der Waals surface area contributed by atoms with Gasteiger partial charge in [0.15, 0.2) is 0 Å². The summed E-state index contributed by atoms with van der Waals surface area (Å²) in [7, 11) is 0. The Morgan fingerprint density at radius 3 is 2.76 bits per heavy atom. The first kappa shape index (κ1) is 13.9. The Kier molecular flexibility index (Phi) is 3.55. The van der Waals surface area contributed by atoms with Crippen molar-refractivity contribution in [1.29, 1.82) is 0 Å². The first-order valence-electron chi connectivity index (χ1n) is 7.41. The minimum atomic E-state index is -0.731. The highest BCUT2D eigenvalue weighted by Gasteiger charge is 2.36. The van der Waals surface area contributed by atoms with Gasteiger partial charge in [-0.25, -0.2) is 0 Å². The number of benzene rings is 1. The molecule has 1 unspecified atom stereocenters. The minimum absolute atomic E-state index is 0.0411. The van der Waals surface area contributed by atoms with Gasteiger partial charge in [-0.05, 0) is 25.3 Å². The maximum atomic E-state index is 10.8. The summed E-state index contributed by atoms with van der Waals surface area (Å²) in [5.74, 6) is 0. The van der Waals surface area contributed by atoms with Crippen LogP contribution in [0.15, 0.2) is 42.6 Å². The minimum Gasteiger partial charge on any atom is -0.396 e. The molecule has 21 heavy (non-hydrogen) atoms. The van der Waals surface area contributed by atoms with Crippen molar-refractivity contribution in [3.8, 4) is 0 Å². The summed E-state index contributed by atoms with van der Waals surface area (Å²) in [4.78, 5) is 4.35. The zero-order valence-corrected chi connectivity index (χ0v) is 12.2. The Morgan fingerprint density at radius 2 is 2.05 bits per heavy atom. The van der Waals surface area contributed by atoms with E-state index in [4.69, 9.17) is 5.73 Å². The Balaban J connectivity index is 1.98. The zero-order chi connectivity index (χ0) is 14.9. The quantitative estimate of drug-likeness (QED) is 0.754. The van der Waals surface area contributed by atoms with Crippen LogP contribution in [0, 0.1) is 0 Å². The summed E-state index contributed by atoms with van der Waals surface area (Å²) in [5.41, 5.74) is 7.76. The molecule has 4 heteroatoms. The second kappa shape index (κ2) is 5.37. The molecule has 1 aliphatic rings. The number of hydrogen-bond acceptors (Lipinski definition) is 4. The van der Waals surface area contributed by atoms with Crippen LogP contribution in [0.5, 0.6) is 0 Å². The predicted octanol–water partition coefficient (Wildman–Crippen LogP) is 3.09. The largest absolute Gasteiger partial charge is 0.396 e. The third-order valence-electron chi connectivity index (χ3n) is 4.29. The van der Waals surface area contributed by atoms with E-state index in [1.807, 2.05) is 36.4 Å². The molecule has 0 radical (unpaired) electrons. The lowest BCUT2D eigenvalue weighted by atomic mass is 9.89. The summed E-state index contributed by atoms with van der Waals surface area (Å²) >= 11 is 0. The molecule has 4 nitrogen and oxygen atoms in total. The van der Waals surface area contributed by atoms with Crippen LogP contribution in [0.3, 0.4) is 0 Å². The number of nitrogens with one attached hydrogen (secondary N) is 1. The van der Waals surface area contributed by atoms with E-state index >= 15 is 0 Å². The third kappa shape index (κ3) is 2.47. The summed E-state index contributed by atoms with van der Waals surface area (Å²) in [5, 5.41) is 15.3. The average molecular weight is 283 g/mol. The number of nitrogens with two attached hydrogens (primary N) is 1. The Bertz CT molecular complexity index is 673. The number of nitrogen functional groups attached to an aromatic ring is 1. The normalized spacial score (nSPS) is 18.0. The highest BCUT2D eigenvalue weighted by atomic mass is 16.3. The fourth-order valence-corrected chi connectivity index (χ4v) is 3.05. The van der Waals surface area contributed by atoms with E-state index in [1.165, 1.54) is 0 Å². The zero-order valence-electron chi connectivity index (χ0n) is 12.2. The van der Waals surface area contributed by atoms with Gasteiger partial charge in [0.2, 0.25) is 0 Å². The number of aliphatic hydroxyl groups is 1. The lowest BCUT2D eigenvalue weighted by Crippen LogP contribution is -2.44. The maximum absolute atomic E-state index is 10.8. The molecule has 1 aromatic carbocycles. The molecule has 4 N–H and O–H groups in total. The van der Waals surface area contributed by atoms with Gasteiger partial charge in [-0.2, -0.15) is 0 Å². The molecule has 0 saturated heterocycles. The topological polar surface area (TPSA) is 71.2 Å². The number of fused-ring (bicyclic) bond motifs is 1. The fraction of sp³-hybridized carbons (Fsp3) is 0.353. The molecule has 0 aliphatic heterocycles. The average Bonchev–Trinajstić information content (AvgIpc) is 2.94. The summed E-state index contributed by atoms with van der Waals surface area (Å²) in [6, 6.07) is 7.86. The van der Waals surface area contributed by atoms with E-state index in [1.54, 1.807) is 6.20 Å². The van der Waals surface area contributed by atoms with Crippen molar-refractivity contribution < 1.29 is 5.11 Å². The molecule has 2 aromatic rings. The number of pyridine rings is 1. The number of hydrogen-bond donors (Lipinski definition) is 3. The molecule has 0 bridgehead atoms. The fourth-order valence-electron chi connectivity index (χ4n) is 3.05. The Morgan fingerprint density at radius 1 is 1.33 bits per heavy atom. The monoisotopic (exact) mass is 283 g/mol. The van der Waals surface area contributed by atoms with E-state index in [2.05, 4.69) is 17.2 Å². The van der Waals surface area contributed by atoms with E-state index < -0.39 is 5.60 Å². The van der Waals surface area contributed by atoms with Crippen molar-refractivity contribution in [2.45, 2.75) is 37.8 Å². The van der Waals surface area contributed by atoms with E-state index in [0.717, 1.165) is 23.0 Å². The SMILES string of the molecule is CCC(Nc1c(N)cnc2ccccc12)C1(O)CC=CC1. The highest BCUT2D eigenvalue weighted by Crippen LogP contribution is 2.34. The molecule has 1 aromatic heterocycles. The lowest BCUT2D eigenvalue weighted by Gasteiger charge is -2.34. The second-order valence-electron chi connectivity index (χ2n) is 5.69. The molecular formula is C17H21N3O. The second-order valence-corrected chi connectivity index (χ2v) is 5.69. The highest BCUT2D eigenvalue weighted by molar-refractivity contribution is 5.97. The predicted molar refractivity (Wildman–Crippen MR) is 87.2 cm³/mol. The van der Waals surface area contributed by atoms with Crippen LogP contribution >= 0.6 is 0 Å². The number of nitrogens with zero attached hydrogens (tertiary/aromatic N) is 1. The van der Waals surface area contributed by atoms with Crippen LogP contribution in [0.4, 0.5) is 11.4 Å². The molecule has 110 valence electrons. The van der Waals surface area contributed by atoms with Gasteiger partial charge in [0, 0.05) is 5.39 Å². The standard InChI is InChI=1S/C17H21N3O/c1-2-15(17(21)9-5-6-10-17)20-16-12-7-3-4-8-14(12)19-11-13(16)18/h3-8,11,15,21H,2,9-10,18H2,1H3,(H,19,20). The number of para-hydroxylation sites is 1. The van der Waals surface area contributed by atoms with Crippen molar-refractivity contribution in [3.05, 3.63) is 42.6 Å². The van der Waals surface area contributed by atoms with Gasteiger partial charge in [-0.3, -0.25) is 4.98 Å². The smallest absolute Gasteiger partial charge is 0.0915 e. The van der Waals surface area contributed by atoms with Crippen LogP contribution in [0.2, 0.25) is 0 Å². The molecular weight excluding hydrogens is 262 g/mol. The van der Waals surface area contributed by atoms with Gasteiger partial charge in [-0.1, -0.05) is 37.3 Å². The van der Waals surface area contributed by atoms with Crippen LogP contribution in [-0.2, 0) is 0 Å². The Labute approximate surface area is 124 Å². The van der Waals surface area contributed by atoms with Gasteiger partial charge >= 0.3 is 0 Å². The van der Waals surface area contributed by atoms with Gasteiger partial charge in [0.1, 0.15) is 0 Å². The molecule has 0 fully saturated rings.